The first kappa shape index (κ1) is 8.31. The largest absolute Gasteiger partial charge is 0.248 e. The van der Waals surface area contributed by atoms with Crippen molar-refractivity contribution in [2.24, 2.45) is 5.92 Å². The Morgan fingerprint density at radius 2 is 2.20 bits per heavy atom. The molecule has 1 atom stereocenters. The summed E-state index contributed by atoms with van der Waals surface area (Å²) >= 11 is 4.01. The number of thiol groups is 1. The monoisotopic (exact) mass is 166 g/mol. The van der Waals surface area contributed by atoms with Gasteiger partial charge in [-0.15, -0.1) is 0 Å². The third kappa shape index (κ3) is 2.11. The van der Waals surface area contributed by atoms with Gasteiger partial charge in [-0.25, -0.2) is 8.78 Å². The molecule has 1 aliphatic carbocycles. The number of halogens is 2. The second kappa shape index (κ2) is 3.07. The zero-order valence-corrected chi connectivity index (χ0v) is 6.71. The van der Waals surface area contributed by atoms with Gasteiger partial charge in [0.05, 0.1) is 0 Å². The molecule has 1 saturated carbocycles. The van der Waals surface area contributed by atoms with Crippen LogP contribution in [0.15, 0.2) is 0 Å². The maximum Gasteiger partial charge on any atom is 0.248 e. The summed E-state index contributed by atoms with van der Waals surface area (Å²) in [6.07, 6.45) is 1.73. The van der Waals surface area contributed by atoms with Gasteiger partial charge in [0.2, 0.25) is 5.92 Å². The first-order chi connectivity index (χ1) is 4.64. The Bertz CT molecular complexity index is 114. The maximum absolute atomic E-state index is 12.6. The topological polar surface area (TPSA) is 0 Å². The van der Waals surface area contributed by atoms with Gasteiger partial charge in [0.25, 0.3) is 0 Å². The van der Waals surface area contributed by atoms with E-state index in [4.69, 9.17) is 0 Å². The van der Waals surface area contributed by atoms with Gasteiger partial charge in [0.15, 0.2) is 0 Å². The van der Waals surface area contributed by atoms with Crippen LogP contribution >= 0.6 is 12.6 Å². The molecule has 0 aromatic carbocycles. The van der Waals surface area contributed by atoms with Crippen molar-refractivity contribution in [3.63, 3.8) is 0 Å². The van der Waals surface area contributed by atoms with E-state index in [1.165, 1.54) is 0 Å². The van der Waals surface area contributed by atoms with Gasteiger partial charge >= 0.3 is 0 Å². The van der Waals surface area contributed by atoms with Gasteiger partial charge in [-0.1, -0.05) is 0 Å². The highest BCUT2D eigenvalue weighted by molar-refractivity contribution is 7.80. The average molecular weight is 166 g/mol. The molecule has 0 bridgehead atoms. The minimum absolute atomic E-state index is 0.0521. The van der Waals surface area contributed by atoms with Crippen molar-refractivity contribution in [3.8, 4) is 0 Å². The first-order valence-corrected chi connectivity index (χ1v) is 4.26. The van der Waals surface area contributed by atoms with Gasteiger partial charge < -0.3 is 0 Å². The van der Waals surface area contributed by atoms with Crippen molar-refractivity contribution in [1.29, 1.82) is 0 Å². The Labute approximate surface area is 65.4 Å². The minimum Gasteiger partial charge on any atom is -0.207 e. The van der Waals surface area contributed by atoms with E-state index in [0.29, 0.717) is 12.2 Å². The van der Waals surface area contributed by atoms with Crippen LogP contribution in [-0.4, -0.2) is 11.7 Å². The fourth-order valence-electron chi connectivity index (χ4n) is 1.43. The fourth-order valence-corrected chi connectivity index (χ4v) is 1.74. The summed E-state index contributed by atoms with van der Waals surface area (Å²) in [5.41, 5.74) is 0. The Morgan fingerprint density at radius 3 is 2.60 bits per heavy atom. The van der Waals surface area contributed by atoms with Crippen molar-refractivity contribution >= 4 is 12.6 Å². The molecule has 3 heteroatoms. The SMILES string of the molecule is FC1(F)CCCC(CS)C1. The lowest BCUT2D eigenvalue weighted by Gasteiger charge is -2.27. The molecule has 1 fully saturated rings. The molecule has 0 saturated heterocycles. The Kier molecular flexibility index (Phi) is 2.55. The van der Waals surface area contributed by atoms with Crippen LogP contribution in [0.3, 0.4) is 0 Å². The summed E-state index contributed by atoms with van der Waals surface area (Å²) < 4.78 is 25.2. The quantitative estimate of drug-likeness (QED) is 0.569. The smallest absolute Gasteiger partial charge is 0.207 e. The molecule has 0 N–H and O–H groups in total. The van der Waals surface area contributed by atoms with Gasteiger partial charge in [0, 0.05) is 12.8 Å². The minimum atomic E-state index is -2.40. The standard InChI is InChI=1S/C7H12F2S/c8-7(9)3-1-2-6(4-7)5-10/h6,10H,1-5H2. The molecular weight excluding hydrogens is 154 g/mol. The van der Waals surface area contributed by atoms with Crippen LogP contribution < -0.4 is 0 Å². The molecular formula is C7H12F2S. The van der Waals surface area contributed by atoms with E-state index in [9.17, 15) is 8.78 Å². The third-order valence-electron chi connectivity index (χ3n) is 2.00. The maximum atomic E-state index is 12.6. The second-order valence-corrected chi connectivity index (χ2v) is 3.37. The van der Waals surface area contributed by atoms with Crippen molar-refractivity contribution in [2.75, 3.05) is 5.75 Å². The predicted octanol–water partition coefficient (Wildman–Crippen LogP) is 2.74. The number of hydrogen-bond acceptors (Lipinski definition) is 1. The van der Waals surface area contributed by atoms with E-state index in [2.05, 4.69) is 12.6 Å². The summed E-state index contributed by atoms with van der Waals surface area (Å²) in [6, 6.07) is 0. The van der Waals surface area contributed by atoms with Crippen molar-refractivity contribution in [2.45, 2.75) is 31.6 Å². The van der Waals surface area contributed by atoms with Gasteiger partial charge in [-0.05, 0) is 24.5 Å². The lowest BCUT2D eigenvalue weighted by atomic mass is 9.88. The zero-order chi connectivity index (χ0) is 7.61. The lowest BCUT2D eigenvalue weighted by Crippen LogP contribution is -2.26. The molecule has 10 heavy (non-hydrogen) atoms. The van der Waals surface area contributed by atoms with Crippen molar-refractivity contribution in [3.05, 3.63) is 0 Å². The highest BCUT2D eigenvalue weighted by Crippen LogP contribution is 2.36. The van der Waals surface area contributed by atoms with E-state index in [-0.39, 0.29) is 18.8 Å². The summed E-state index contributed by atoms with van der Waals surface area (Å²) in [7, 11) is 0. The van der Waals surface area contributed by atoms with Crippen LogP contribution in [0.25, 0.3) is 0 Å². The fraction of sp³-hybridized carbons (Fsp3) is 1.00. The van der Waals surface area contributed by atoms with Crippen LogP contribution in [0.1, 0.15) is 25.7 Å². The third-order valence-corrected chi connectivity index (χ3v) is 2.52. The lowest BCUT2D eigenvalue weighted by molar-refractivity contribution is -0.0486. The Balaban J connectivity index is 2.40. The van der Waals surface area contributed by atoms with E-state index in [0.717, 1.165) is 6.42 Å². The van der Waals surface area contributed by atoms with Gasteiger partial charge in [-0.3, -0.25) is 0 Å². The van der Waals surface area contributed by atoms with Crippen LogP contribution in [0, 0.1) is 5.92 Å². The number of hydrogen-bond donors (Lipinski definition) is 1. The Hall–Kier alpha value is 0.210. The van der Waals surface area contributed by atoms with Crippen LogP contribution in [0.2, 0.25) is 0 Å². The van der Waals surface area contributed by atoms with Crippen LogP contribution in [-0.2, 0) is 0 Å². The van der Waals surface area contributed by atoms with Gasteiger partial charge in [-0.2, -0.15) is 12.6 Å². The Morgan fingerprint density at radius 1 is 1.50 bits per heavy atom. The van der Waals surface area contributed by atoms with Crippen molar-refractivity contribution in [1.82, 2.24) is 0 Å². The van der Waals surface area contributed by atoms with E-state index >= 15 is 0 Å². The highest BCUT2D eigenvalue weighted by atomic mass is 32.1. The van der Waals surface area contributed by atoms with Crippen LogP contribution in [0.5, 0.6) is 0 Å². The summed E-state index contributed by atoms with van der Waals surface area (Å²) in [5.74, 6) is -1.64. The molecule has 0 nitrogen and oxygen atoms in total. The van der Waals surface area contributed by atoms with Crippen molar-refractivity contribution < 1.29 is 8.78 Å². The molecule has 0 amide bonds. The number of alkyl halides is 2. The summed E-state index contributed by atoms with van der Waals surface area (Å²) in [5, 5.41) is 0. The van der Waals surface area contributed by atoms with E-state index < -0.39 is 5.92 Å². The highest BCUT2D eigenvalue weighted by Gasteiger charge is 2.35. The molecule has 60 valence electrons. The first-order valence-electron chi connectivity index (χ1n) is 3.63. The molecule has 0 aliphatic heterocycles. The summed E-state index contributed by atoms with van der Waals surface area (Å²) in [6.45, 7) is 0. The molecule has 0 aromatic rings. The van der Waals surface area contributed by atoms with Gasteiger partial charge in [0.1, 0.15) is 0 Å². The molecule has 0 aromatic heterocycles. The average Bonchev–Trinajstić information content (AvgIpc) is 1.86. The second-order valence-electron chi connectivity index (χ2n) is 3.00. The molecule has 0 radical (unpaired) electrons. The zero-order valence-electron chi connectivity index (χ0n) is 5.82. The number of rotatable bonds is 1. The molecule has 0 spiro atoms. The van der Waals surface area contributed by atoms with E-state index in [1.807, 2.05) is 0 Å². The molecule has 1 rings (SSSR count). The molecule has 1 aliphatic rings. The normalized spacial score (nSPS) is 32.1. The summed E-state index contributed by atoms with van der Waals surface area (Å²) in [4.78, 5) is 0. The molecule has 1 unspecified atom stereocenters. The van der Waals surface area contributed by atoms with Crippen LogP contribution in [0.4, 0.5) is 8.78 Å². The van der Waals surface area contributed by atoms with E-state index in [1.54, 1.807) is 0 Å². The molecule has 0 heterocycles. The predicted molar refractivity (Wildman–Crippen MR) is 40.8 cm³/mol.